The van der Waals surface area contributed by atoms with Gasteiger partial charge in [-0.15, -0.1) is 0 Å². The molecule has 3 rings (SSSR count). The molecular formula is C19H15N3S. The maximum absolute atomic E-state index is 4.56. The van der Waals surface area contributed by atoms with Gasteiger partial charge in [0.1, 0.15) is 5.69 Å². The molecule has 2 aromatic carbocycles. The first-order chi connectivity index (χ1) is 11.3. The van der Waals surface area contributed by atoms with E-state index in [0.29, 0.717) is 11.5 Å². The smallest absolute Gasteiger partial charge is 0.159 e. The molecule has 3 nitrogen and oxygen atoms in total. The molecule has 0 saturated heterocycles. The van der Waals surface area contributed by atoms with E-state index in [0.717, 1.165) is 12.0 Å². The summed E-state index contributed by atoms with van der Waals surface area (Å²) in [4.78, 5) is 12.5. The highest BCUT2D eigenvalue weighted by molar-refractivity contribution is 7.78. The van der Waals surface area contributed by atoms with Gasteiger partial charge in [-0.25, -0.2) is 9.97 Å². The lowest BCUT2D eigenvalue weighted by Gasteiger charge is -2.05. The van der Waals surface area contributed by atoms with Crippen LogP contribution in [0.3, 0.4) is 0 Å². The predicted molar refractivity (Wildman–Crippen MR) is 97.0 cm³/mol. The van der Waals surface area contributed by atoms with Crippen molar-refractivity contribution in [3.05, 3.63) is 66.5 Å². The normalized spacial score (nSPS) is 10.1. The van der Waals surface area contributed by atoms with E-state index in [4.69, 9.17) is 0 Å². The summed E-state index contributed by atoms with van der Waals surface area (Å²) in [6.07, 6.45) is 4.33. The van der Waals surface area contributed by atoms with Gasteiger partial charge in [0.15, 0.2) is 5.82 Å². The Morgan fingerprint density at radius 1 is 0.870 bits per heavy atom. The average Bonchev–Trinajstić information content (AvgIpc) is 2.63. The van der Waals surface area contributed by atoms with E-state index in [-0.39, 0.29) is 0 Å². The Kier molecular flexibility index (Phi) is 4.67. The van der Waals surface area contributed by atoms with E-state index in [1.165, 1.54) is 16.7 Å². The zero-order valence-corrected chi connectivity index (χ0v) is 13.5. The number of hydrogen-bond acceptors (Lipinski definition) is 4. The summed E-state index contributed by atoms with van der Waals surface area (Å²) in [5, 5.41) is 2.31. The first-order valence-electron chi connectivity index (χ1n) is 7.40. The number of aromatic nitrogens is 2. The van der Waals surface area contributed by atoms with E-state index in [2.05, 4.69) is 75.7 Å². The molecule has 1 aromatic heterocycles. The van der Waals surface area contributed by atoms with Gasteiger partial charge in [-0.1, -0.05) is 55.5 Å². The second-order valence-corrected chi connectivity index (χ2v) is 5.28. The van der Waals surface area contributed by atoms with Crippen molar-refractivity contribution < 1.29 is 0 Å². The average molecular weight is 317 g/mol. The topological polar surface area (TPSA) is 38.1 Å². The van der Waals surface area contributed by atoms with Crippen LogP contribution in [-0.4, -0.2) is 15.1 Å². The molecule has 0 saturated carbocycles. The molecule has 1 heterocycles. The molecule has 0 N–H and O–H groups in total. The SMILES string of the molecule is CCc1ccc(-c2ccc(-c3ncc(N=C=S)cn3)cc2)cc1. The van der Waals surface area contributed by atoms with Gasteiger partial charge >= 0.3 is 0 Å². The first-order valence-corrected chi connectivity index (χ1v) is 7.80. The van der Waals surface area contributed by atoms with Crippen molar-refractivity contribution in [3.8, 4) is 22.5 Å². The highest BCUT2D eigenvalue weighted by Gasteiger charge is 2.03. The van der Waals surface area contributed by atoms with E-state index >= 15 is 0 Å². The third-order valence-corrected chi connectivity index (χ3v) is 3.74. The zero-order chi connectivity index (χ0) is 16.1. The first kappa shape index (κ1) is 15.2. The molecule has 0 bridgehead atoms. The fourth-order valence-corrected chi connectivity index (χ4v) is 2.43. The van der Waals surface area contributed by atoms with Gasteiger partial charge in [-0.2, -0.15) is 4.99 Å². The molecule has 112 valence electrons. The summed E-state index contributed by atoms with van der Waals surface area (Å²) in [6.45, 7) is 2.16. The molecule has 0 amide bonds. The fraction of sp³-hybridized carbons (Fsp3) is 0.105. The molecule has 4 heteroatoms. The Bertz CT molecular complexity index is 831. The number of hydrogen-bond donors (Lipinski definition) is 0. The molecule has 0 aliphatic carbocycles. The van der Waals surface area contributed by atoms with Gasteiger partial charge in [-0.05, 0) is 35.3 Å². The van der Waals surface area contributed by atoms with Gasteiger partial charge < -0.3 is 0 Å². The molecule has 0 aliphatic rings. The zero-order valence-electron chi connectivity index (χ0n) is 12.7. The van der Waals surface area contributed by atoms with Crippen LogP contribution in [-0.2, 0) is 6.42 Å². The Balaban J connectivity index is 1.84. The maximum Gasteiger partial charge on any atom is 0.159 e. The Labute approximate surface area is 140 Å². The van der Waals surface area contributed by atoms with E-state index in [1.54, 1.807) is 12.4 Å². The van der Waals surface area contributed by atoms with Crippen molar-refractivity contribution >= 4 is 23.1 Å². The van der Waals surface area contributed by atoms with Crippen LogP contribution < -0.4 is 0 Å². The highest BCUT2D eigenvalue weighted by Crippen LogP contribution is 2.24. The van der Waals surface area contributed by atoms with Crippen LogP contribution in [0.2, 0.25) is 0 Å². The van der Waals surface area contributed by atoms with Gasteiger partial charge in [0, 0.05) is 5.56 Å². The number of thiocarbonyl (C=S) groups is 1. The summed E-state index contributed by atoms with van der Waals surface area (Å²) in [7, 11) is 0. The van der Waals surface area contributed by atoms with Crippen molar-refractivity contribution in [1.29, 1.82) is 0 Å². The number of aliphatic imine (C=N–C) groups is 1. The second-order valence-electron chi connectivity index (χ2n) is 5.10. The van der Waals surface area contributed by atoms with Gasteiger partial charge in [0.2, 0.25) is 0 Å². The van der Waals surface area contributed by atoms with Crippen LogP contribution in [0.25, 0.3) is 22.5 Å². The van der Waals surface area contributed by atoms with Crippen LogP contribution in [0.15, 0.2) is 65.9 Å². The van der Waals surface area contributed by atoms with Crippen molar-refractivity contribution in [2.24, 2.45) is 4.99 Å². The van der Waals surface area contributed by atoms with Crippen molar-refractivity contribution in [3.63, 3.8) is 0 Å². The lowest BCUT2D eigenvalue weighted by molar-refractivity contribution is 1.14. The quantitative estimate of drug-likeness (QED) is 0.496. The van der Waals surface area contributed by atoms with E-state index < -0.39 is 0 Å². The van der Waals surface area contributed by atoms with Gasteiger partial charge in [0.05, 0.1) is 17.6 Å². The molecule has 3 aromatic rings. The molecule has 0 fully saturated rings. The minimum absolute atomic E-state index is 0.608. The van der Waals surface area contributed by atoms with Crippen LogP contribution >= 0.6 is 12.2 Å². The molecule has 0 radical (unpaired) electrons. The van der Waals surface area contributed by atoms with E-state index in [9.17, 15) is 0 Å². The lowest BCUT2D eigenvalue weighted by Crippen LogP contribution is -1.88. The summed E-state index contributed by atoms with van der Waals surface area (Å²) in [5.74, 6) is 0.668. The summed E-state index contributed by atoms with van der Waals surface area (Å²) < 4.78 is 0. The standard InChI is InChI=1S/C19H15N3S/c1-2-14-3-5-15(6-4-14)16-7-9-17(10-8-16)19-20-11-18(12-21-19)22-13-23/h3-12H,2H2,1H3. The second kappa shape index (κ2) is 7.05. The molecular weight excluding hydrogens is 302 g/mol. The Morgan fingerprint density at radius 2 is 1.39 bits per heavy atom. The number of rotatable bonds is 4. The van der Waals surface area contributed by atoms with Crippen LogP contribution in [0.1, 0.15) is 12.5 Å². The maximum atomic E-state index is 4.56. The van der Waals surface area contributed by atoms with Crippen LogP contribution in [0.4, 0.5) is 5.69 Å². The van der Waals surface area contributed by atoms with Crippen LogP contribution in [0, 0.1) is 0 Å². The minimum atomic E-state index is 0.608. The monoisotopic (exact) mass is 317 g/mol. The third-order valence-electron chi connectivity index (χ3n) is 3.65. The third kappa shape index (κ3) is 3.57. The largest absolute Gasteiger partial charge is 0.234 e. The number of aryl methyl sites for hydroxylation is 1. The molecule has 23 heavy (non-hydrogen) atoms. The predicted octanol–water partition coefficient (Wildman–Crippen LogP) is 5.11. The minimum Gasteiger partial charge on any atom is -0.234 e. The van der Waals surface area contributed by atoms with Crippen LogP contribution in [0.5, 0.6) is 0 Å². The molecule has 0 spiro atoms. The molecule has 0 atom stereocenters. The van der Waals surface area contributed by atoms with Crippen molar-refractivity contribution in [2.45, 2.75) is 13.3 Å². The van der Waals surface area contributed by atoms with Crippen molar-refractivity contribution in [1.82, 2.24) is 9.97 Å². The Morgan fingerprint density at radius 3 is 1.91 bits per heavy atom. The summed E-state index contributed by atoms with van der Waals surface area (Å²) in [5.41, 5.74) is 5.31. The van der Waals surface area contributed by atoms with Gasteiger partial charge in [-0.3, -0.25) is 0 Å². The summed E-state index contributed by atoms with van der Waals surface area (Å²) >= 11 is 4.56. The number of benzene rings is 2. The fourth-order valence-electron chi connectivity index (χ4n) is 2.33. The summed E-state index contributed by atoms with van der Waals surface area (Å²) in [6, 6.07) is 16.9. The van der Waals surface area contributed by atoms with Crippen molar-refractivity contribution in [2.75, 3.05) is 0 Å². The van der Waals surface area contributed by atoms with E-state index in [1.807, 2.05) is 12.1 Å². The Hall–Kier alpha value is -2.68. The molecule has 0 unspecified atom stereocenters. The highest BCUT2D eigenvalue weighted by atomic mass is 32.1. The van der Waals surface area contributed by atoms with Gasteiger partial charge in [0.25, 0.3) is 0 Å². The number of nitrogens with zero attached hydrogens (tertiary/aromatic N) is 3. The molecule has 0 aliphatic heterocycles. The number of isothiocyanates is 1. The lowest BCUT2D eigenvalue weighted by atomic mass is 10.0.